The van der Waals surface area contributed by atoms with E-state index in [0.717, 1.165) is 24.5 Å². The van der Waals surface area contributed by atoms with Gasteiger partial charge in [-0.3, -0.25) is 15.0 Å². The number of nitrogens with zero attached hydrogens (tertiary/aromatic N) is 7. The normalized spacial score (nSPS) is 17.2. The van der Waals surface area contributed by atoms with Crippen molar-refractivity contribution in [2.75, 3.05) is 55.0 Å². The van der Waals surface area contributed by atoms with E-state index < -0.39 is 5.97 Å². The van der Waals surface area contributed by atoms with Gasteiger partial charge < -0.3 is 24.6 Å². The Hall–Kier alpha value is -4.96. The van der Waals surface area contributed by atoms with Crippen LogP contribution in [0.15, 0.2) is 30.5 Å². The summed E-state index contributed by atoms with van der Waals surface area (Å²) in [4.78, 5) is 45.7. The molecular formula is C34H40N8O5. The molecule has 1 aromatic carbocycles. The Morgan fingerprint density at radius 3 is 2.51 bits per heavy atom. The number of pyridine rings is 1. The predicted octanol–water partition coefficient (Wildman–Crippen LogP) is 5.18. The molecule has 0 spiro atoms. The second-order valence-electron chi connectivity index (χ2n) is 13.0. The van der Waals surface area contributed by atoms with Gasteiger partial charge in [0.05, 0.1) is 35.2 Å². The first-order valence-electron chi connectivity index (χ1n) is 15.9. The number of benzene rings is 1. The number of anilines is 5. The summed E-state index contributed by atoms with van der Waals surface area (Å²) in [6, 6.07) is 7.58. The third-order valence-corrected chi connectivity index (χ3v) is 8.66. The molecule has 0 unspecified atom stereocenters. The fraction of sp³-hybridized carbons (Fsp3) is 0.471. The van der Waals surface area contributed by atoms with E-state index in [2.05, 4.69) is 40.9 Å². The van der Waals surface area contributed by atoms with Crippen LogP contribution in [0.25, 0.3) is 0 Å². The molecule has 2 aromatic heterocycles. The summed E-state index contributed by atoms with van der Waals surface area (Å²) in [5, 5.41) is 15.5. The number of hydrogen-bond acceptors (Lipinski definition) is 12. The molecule has 1 N–H and O–H groups in total. The number of carbonyl (C=O) groups is 1. The minimum Gasteiger partial charge on any atom is -0.494 e. The van der Waals surface area contributed by atoms with Crippen LogP contribution in [-0.2, 0) is 10.2 Å². The van der Waals surface area contributed by atoms with Crippen molar-refractivity contribution in [3.63, 3.8) is 0 Å². The highest BCUT2D eigenvalue weighted by atomic mass is 16.6. The molecule has 2 fully saturated rings. The standard InChI is InChI=1S/C34H40N8O5/c1-7-8-22-9-12-26-30(36-22)34(4,5)20-41(26)31-24(32(43)47-21(2)3)19-35-33(38-31)37-25-17-28(42(44)45)27(18-29(25)46-6)40-15-13-39(14-16-40)23-10-11-23/h9,12,17-19,21,23H,10-11,13-16,20H2,1-6H3,(H,35,37,38). The van der Waals surface area contributed by atoms with Gasteiger partial charge in [-0.15, -0.1) is 0 Å². The smallest absolute Gasteiger partial charge is 0.343 e. The zero-order valence-corrected chi connectivity index (χ0v) is 27.7. The van der Waals surface area contributed by atoms with Crippen molar-refractivity contribution in [3.8, 4) is 17.6 Å². The van der Waals surface area contributed by atoms with Gasteiger partial charge in [-0.05, 0) is 51.7 Å². The van der Waals surface area contributed by atoms with Gasteiger partial charge in [-0.2, -0.15) is 4.98 Å². The van der Waals surface area contributed by atoms with Crippen LogP contribution in [0.2, 0.25) is 0 Å². The van der Waals surface area contributed by atoms with Crippen molar-refractivity contribution in [2.45, 2.75) is 65.0 Å². The van der Waals surface area contributed by atoms with Gasteiger partial charge in [-0.25, -0.2) is 14.8 Å². The number of hydrogen-bond donors (Lipinski definition) is 1. The van der Waals surface area contributed by atoms with Crippen LogP contribution in [0.3, 0.4) is 0 Å². The zero-order valence-electron chi connectivity index (χ0n) is 27.7. The number of nitrogens with one attached hydrogen (secondary N) is 1. The highest BCUT2D eigenvalue weighted by molar-refractivity contribution is 5.96. The van der Waals surface area contributed by atoms with E-state index in [0.29, 0.717) is 54.3 Å². The molecule has 6 rings (SSSR count). The van der Waals surface area contributed by atoms with Gasteiger partial charge in [0.1, 0.15) is 22.7 Å². The Morgan fingerprint density at radius 2 is 1.87 bits per heavy atom. The number of carbonyl (C=O) groups excluding carboxylic acids is 1. The third-order valence-electron chi connectivity index (χ3n) is 8.66. The number of piperazine rings is 1. The van der Waals surface area contributed by atoms with Gasteiger partial charge in [0.15, 0.2) is 5.82 Å². The van der Waals surface area contributed by atoms with Gasteiger partial charge >= 0.3 is 5.97 Å². The lowest BCUT2D eigenvalue weighted by molar-refractivity contribution is -0.384. The number of rotatable bonds is 9. The van der Waals surface area contributed by atoms with Crippen LogP contribution < -0.4 is 19.9 Å². The Balaban J connectivity index is 1.37. The first-order chi connectivity index (χ1) is 22.5. The van der Waals surface area contributed by atoms with Gasteiger partial charge in [-0.1, -0.05) is 19.8 Å². The lowest BCUT2D eigenvalue weighted by atomic mass is 9.91. The minimum absolute atomic E-state index is 0.0437. The summed E-state index contributed by atoms with van der Waals surface area (Å²) in [7, 11) is 1.52. The van der Waals surface area contributed by atoms with Crippen molar-refractivity contribution < 1.29 is 19.2 Å². The summed E-state index contributed by atoms with van der Waals surface area (Å²) in [5.41, 5.74) is 2.88. The zero-order chi connectivity index (χ0) is 33.5. The van der Waals surface area contributed by atoms with Crippen LogP contribution in [0, 0.1) is 22.0 Å². The lowest BCUT2D eigenvalue weighted by Gasteiger charge is -2.36. The fourth-order valence-electron chi connectivity index (χ4n) is 6.28. The van der Waals surface area contributed by atoms with E-state index in [1.807, 2.05) is 21.9 Å². The summed E-state index contributed by atoms with van der Waals surface area (Å²) >= 11 is 0. The Morgan fingerprint density at radius 1 is 1.13 bits per heavy atom. The summed E-state index contributed by atoms with van der Waals surface area (Å²) in [6.07, 6.45) is 3.52. The summed E-state index contributed by atoms with van der Waals surface area (Å²) in [5.74, 6) is 6.22. The van der Waals surface area contributed by atoms with E-state index in [-0.39, 0.29) is 33.6 Å². The van der Waals surface area contributed by atoms with Gasteiger partial charge in [0.25, 0.3) is 5.69 Å². The molecule has 2 aliphatic heterocycles. The molecule has 1 saturated heterocycles. The number of methoxy groups -OCH3 is 1. The molecular weight excluding hydrogens is 600 g/mol. The Labute approximate surface area is 274 Å². The average molecular weight is 641 g/mol. The largest absolute Gasteiger partial charge is 0.494 e. The maximum atomic E-state index is 13.3. The Kier molecular flexibility index (Phi) is 8.63. The summed E-state index contributed by atoms with van der Waals surface area (Å²) < 4.78 is 11.3. The Bertz CT molecular complexity index is 1770. The molecule has 246 valence electrons. The highest BCUT2D eigenvalue weighted by Gasteiger charge is 2.40. The maximum Gasteiger partial charge on any atom is 0.343 e. The van der Waals surface area contributed by atoms with E-state index in [9.17, 15) is 14.9 Å². The monoisotopic (exact) mass is 640 g/mol. The van der Waals surface area contributed by atoms with Crippen LogP contribution in [0.4, 0.5) is 34.5 Å². The maximum absolute atomic E-state index is 13.3. The number of ether oxygens (including phenoxy) is 2. The first kappa shape index (κ1) is 32.0. The predicted molar refractivity (Wildman–Crippen MR) is 179 cm³/mol. The second kappa shape index (κ2) is 12.7. The number of aromatic nitrogens is 3. The van der Waals surface area contributed by atoms with E-state index >= 15 is 0 Å². The van der Waals surface area contributed by atoms with Crippen LogP contribution in [0.5, 0.6) is 5.75 Å². The number of nitro benzene ring substituents is 1. The molecule has 0 amide bonds. The molecule has 47 heavy (non-hydrogen) atoms. The quantitative estimate of drug-likeness (QED) is 0.143. The van der Waals surface area contributed by atoms with Crippen molar-refractivity contribution in [1.29, 1.82) is 0 Å². The van der Waals surface area contributed by atoms with E-state index in [4.69, 9.17) is 19.4 Å². The van der Waals surface area contributed by atoms with Crippen molar-refractivity contribution in [1.82, 2.24) is 19.9 Å². The van der Waals surface area contributed by atoms with Gasteiger partial charge in [0, 0.05) is 62.5 Å². The van der Waals surface area contributed by atoms with Gasteiger partial charge in [0.2, 0.25) is 5.95 Å². The molecule has 3 aromatic rings. The second-order valence-corrected chi connectivity index (χ2v) is 13.0. The fourth-order valence-corrected chi connectivity index (χ4v) is 6.28. The number of esters is 1. The van der Waals surface area contributed by atoms with Crippen LogP contribution >= 0.6 is 0 Å². The van der Waals surface area contributed by atoms with Crippen molar-refractivity contribution in [3.05, 3.63) is 57.5 Å². The lowest BCUT2D eigenvalue weighted by Crippen LogP contribution is -2.47. The minimum atomic E-state index is -0.561. The molecule has 0 radical (unpaired) electrons. The molecule has 3 aliphatic rings. The summed E-state index contributed by atoms with van der Waals surface area (Å²) in [6.45, 7) is 13.1. The molecule has 0 bridgehead atoms. The van der Waals surface area contributed by atoms with Crippen molar-refractivity contribution >= 4 is 40.5 Å². The topological polar surface area (TPSA) is 139 Å². The number of fused-ring (bicyclic) bond motifs is 1. The van der Waals surface area contributed by atoms with Crippen LogP contribution in [0.1, 0.15) is 69.2 Å². The SMILES string of the molecule is CC#Cc1ccc2c(n1)C(C)(C)CN2c1nc(Nc2cc([N+](=O)[O-])c(N3CCN(C4CC4)CC3)cc2OC)ncc1C(=O)OC(C)C. The van der Waals surface area contributed by atoms with E-state index in [1.165, 1.54) is 32.2 Å². The highest BCUT2D eigenvalue weighted by Crippen LogP contribution is 2.45. The number of nitro groups is 1. The molecule has 1 aliphatic carbocycles. The van der Waals surface area contributed by atoms with Crippen LogP contribution in [-0.4, -0.2) is 82.7 Å². The molecule has 4 heterocycles. The molecule has 13 nitrogen and oxygen atoms in total. The molecule has 0 atom stereocenters. The molecule has 1 saturated carbocycles. The first-order valence-corrected chi connectivity index (χ1v) is 15.9. The van der Waals surface area contributed by atoms with Crippen molar-refractivity contribution in [2.24, 2.45) is 0 Å². The third kappa shape index (κ3) is 6.51. The average Bonchev–Trinajstić information content (AvgIpc) is 3.85. The van der Waals surface area contributed by atoms with E-state index in [1.54, 1.807) is 26.8 Å². The molecule has 13 heteroatoms.